The summed E-state index contributed by atoms with van der Waals surface area (Å²) in [6.07, 6.45) is -3.75. The summed E-state index contributed by atoms with van der Waals surface area (Å²) in [5, 5.41) is 17.7. The van der Waals surface area contributed by atoms with Gasteiger partial charge in [0.1, 0.15) is 27.3 Å². The molecule has 192 valence electrons. The Morgan fingerprint density at radius 2 is 1.89 bits per heavy atom. The molecule has 10 nitrogen and oxygen atoms in total. The molecule has 0 aliphatic heterocycles. The molecule has 0 aliphatic carbocycles. The molecule has 4 aromatic rings. The van der Waals surface area contributed by atoms with Gasteiger partial charge in [-0.1, -0.05) is 29.8 Å². The number of fused-ring (bicyclic) bond motifs is 1. The molecule has 37 heavy (non-hydrogen) atoms. The van der Waals surface area contributed by atoms with Gasteiger partial charge < -0.3 is 11.1 Å². The molecule has 0 radical (unpaired) electrons. The number of amides is 2. The van der Waals surface area contributed by atoms with Crippen molar-refractivity contribution < 1.29 is 27.7 Å². The number of rotatable bonds is 7. The average Bonchev–Trinajstić information content (AvgIpc) is 3.37. The fourth-order valence-electron chi connectivity index (χ4n) is 3.72. The Morgan fingerprint density at radius 1 is 1.22 bits per heavy atom. The van der Waals surface area contributed by atoms with E-state index in [1.165, 1.54) is 17.8 Å². The number of anilines is 1. The number of primary amides is 1. The zero-order chi connectivity index (χ0) is 27.1. The minimum absolute atomic E-state index is 0.0181. The number of nitrogens with two attached hydrogens (primary N) is 1. The summed E-state index contributed by atoms with van der Waals surface area (Å²) in [5.74, 6) is -1.55. The van der Waals surface area contributed by atoms with Crippen molar-refractivity contribution in [3.05, 3.63) is 68.5 Å². The highest BCUT2D eigenvalue weighted by molar-refractivity contribution is 7.21. The Labute approximate surface area is 211 Å². The van der Waals surface area contributed by atoms with E-state index in [4.69, 9.17) is 5.73 Å². The van der Waals surface area contributed by atoms with Gasteiger partial charge in [-0.15, -0.1) is 11.3 Å². The topological polar surface area (TPSA) is 146 Å². The molecule has 3 aromatic heterocycles. The average molecular weight is 533 g/mol. The first-order valence-corrected chi connectivity index (χ1v) is 11.6. The van der Waals surface area contributed by atoms with Crippen LogP contribution in [-0.2, 0) is 17.5 Å². The van der Waals surface area contributed by atoms with E-state index >= 15 is 0 Å². The smallest absolute Gasteiger partial charge is 0.365 e. The lowest BCUT2D eigenvalue weighted by Crippen LogP contribution is -2.18. The van der Waals surface area contributed by atoms with Crippen LogP contribution in [0.4, 0.5) is 24.5 Å². The first-order valence-electron chi connectivity index (χ1n) is 10.7. The maximum atomic E-state index is 13.6. The van der Waals surface area contributed by atoms with Crippen LogP contribution in [0, 0.1) is 24.0 Å². The molecule has 0 spiro atoms. The molecule has 0 aliphatic rings. The van der Waals surface area contributed by atoms with Crippen LogP contribution in [0.3, 0.4) is 0 Å². The van der Waals surface area contributed by atoms with Crippen molar-refractivity contribution in [2.45, 2.75) is 33.0 Å². The first kappa shape index (κ1) is 25.8. The van der Waals surface area contributed by atoms with Crippen molar-refractivity contribution in [1.82, 2.24) is 14.8 Å². The number of benzene rings is 1. The largest absolute Gasteiger partial charge is 0.433 e. The summed E-state index contributed by atoms with van der Waals surface area (Å²) >= 11 is 0.646. The summed E-state index contributed by atoms with van der Waals surface area (Å²) in [4.78, 5) is 38.8. The number of thiophene rings is 1. The number of halogens is 3. The highest BCUT2D eigenvalue weighted by atomic mass is 32.1. The van der Waals surface area contributed by atoms with Gasteiger partial charge in [-0.05, 0) is 31.0 Å². The van der Waals surface area contributed by atoms with Gasteiger partial charge in [0, 0.05) is 18.4 Å². The van der Waals surface area contributed by atoms with Crippen LogP contribution in [0.15, 0.2) is 36.5 Å². The van der Waals surface area contributed by atoms with Crippen LogP contribution in [0.25, 0.3) is 21.3 Å². The molecular formula is C23H19F3N6O4S. The van der Waals surface area contributed by atoms with E-state index in [-0.39, 0.29) is 50.7 Å². The molecule has 0 unspecified atom stereocenters. The van der Waals surface area contributed by atoms with Crippen molar-refractivity contribution in [2.24, 2.45) is 5.73 Å². The normalized spacial score (nSPS) is 11.6. The zero-order valence-corrected chi connectivity index (χ0v) is 20.2. The van der Waals surface area contributed by atoms with E-state index in [1.54, 1.807) is 24.3 Å². The summed E-state index contributed by atoms with van der Waals surface area (Å²) in [7, 11) is 0. The fourth-order valence-corrected chi connectivity index (χ4v) is 4.72. The maximum absolute atomic E-state index is 13.6. The highest BCUT2D eigenvalue weighted by Gasteiger charge is 2.35. The van der Waals surface area contributed by atoms with Crippen LogP contribution in [0.2, 0.25) is 0 Å². The van der Waals surface area contributed by atoms with Crippen molar-refractivity contribution in [3.63, 3.8) is 0 Å². The number of carbonyl (C=O) groups is 2. The van der Waals surface area contributed by atoms with Gasteiger partial charge in [0.15, 0.2) is 0 Å². The van der Waals surface area contributed by atoms with Gasteiger partial charge in [-0.25, -0.2) is 4.98 Å². The number of nitrogens with one attached hydrogen (secondary N) is 1. The van der Waals surface area contributed by atoms with E-state index in [1.807, 2.05) is 6.92 Å². The second-order valence-electron chi connectivity index (χ2n) is 8.19. The van der Waals surface area contributed by atoms with E-state index < -0.39 is 28.6 Å². The predicted molar refractivity (Wildman–Crippen MR) is 130 cm³/mol. The van der Waals surface area contributed by atoms with Gasteiger partial charge in [-0.2, -0.15) is 18.3 Å². The Bertz CT molecular complexity index is 1540. The van der Waals surface area contributed by atoms with Gasteiger partial charge >= 0.3 is 11.9 Å². The number of aromatic nitrogens is 3. The number of nitro groups is 1. The van der Waals surface area contributed by atoms with Gasteiger partial charge in [0.05, 0.1) is 10.6 Å². The Kier molecular flexibility index (Phi) is 6.69. The standard InChI is InChI=1S/C23H19F3N6O4S/c1-11-3-5-13(6-4-11)14-9-16(23(24,25)26)28-22-18(14)19(20(37-22)21(27)34)29-17(33)7-8-31-10-15(32(35)36)12(2)30-31/h3-6,9-10H,7-8H2,1-2H3,(H2,27,34)(H,29,33). The number of alkyl halides is 3. The first-order chi connectivity index (χ1) is 17.3. The molecule has 1 aromatic carbocycles. The molecule has 0 saturated carbocycles. The molecular weight excluding hydrogens is 513 g/mol. The Balaban J connectivity index is 1.76. The van der Waals surface area contributed by atoms with Gasteiger partial charge in [0.2, 0.25) is 5.91 Å². The number of pyridine rings is 1. The van der Waals surface area contributed by atoms with E-state index in [9.17, 15) is 32.9 Å². The molecule has 0 atom stereocenters. The number of carbonyl (C=O) groups excluding carboxylic acids is 2. The molecule has 0 saturated heterocycles. The van der Waals surface area contributed by atoms with E-state index in [2.05, 4.69) is 15.4 Å². The predicted octanol–water partition coefficient (Wildman–Crippen LogP) is 4.83. The van der Waals surface area contributed by atoms with Crippen LogP contribution in [-0.4, -0.2) is 31.5 Å². The van der Waals surface area contributed by atoms with Gasteiger partial charge in [-0.3, -0.25) is 24.4 Å². The monoisotopic (exact) mass is 532 g/mol. The number of aryl methyl sites for hydroxylation is 3. The van der Waals surface area contributed by atoms with Crippen LogP contribution in [0.1, 0.15) is 33.0 Å². The molecule has 2 amide bonds. The second-order valence-corrected chi connectivity index (χ2v) is 9.19. The highest BCUT2D eigenvalue weighted by Crippen LogP contribution is 2.43. The van der Waals surface area contributed by atoms with Crippen LogP contribution < -0.4 is 11.1 Å². The Hall–Kier alpha value is -4.33. The van der Waals surface area contributed by atoms with E-state index in [0.717, 1.165) is 11.6 Å². The third kappa shape index (κ3) is 5.28. The molecule has 0 bridgehead atoms. The molecule has 4 rings (SSSR count). The van der Waals surface area contributed by atoms with Crippen molar-refractivity contribution in [3.8, 4) is 11.1 Å². The number of hydrogen-bond acceptors (Lipinski definition) is 7. The van der Waals surface area contributed by atoms with Crippen molar-refractivity contribution in [2.75, 3.05) is 5.32 Å². The second kappa shape index (κ2) is 9.61. The lowest BCUT2D eigenvalue weighted by atomic mass is 10.00. The quantitative estimate of drug-likeness (QED) is 0.257. The van der Waals surface area contributed by atoms with Crippen LogP contribution >= 0.6 is 11.3 Å². The maximum Gasteiger partial charge on any atom is 0.433 e. The number of nitrogens with zero attached hydrogens (tertiary/aromatic N) is 4. The SMILES string of the molecule is Cc1ccc(-c2cc(C(F)(F)F)nc3sc(C(N)=O)c(NC(=O)CCn4cc([N+](=O)[O-])c(C)n4)c23)cc1. The third-order valence-corrected chi connectivity index (χ3v) is 6.59. The Morgan fingerprint density at radius 3 is 2.46 bits per heavy atom. The lowest BCUT2D eigenvalue weighted by molar-refractivity contribution is -0.385. The van der Waals surface area contributed by atoms with E-state index in [0.29, 0.717) is 16.9 Å². The van der Waals surface area contributed by atoms with Gasteiger partial charge in [0.25, 0.3) is 5.91 Å². The fraction of sp³-hybridized carbons (Fsp3) is 0.217. The molecule has 0 fully saturated rings. The summed E-state index contributed by atoms with van der Waals surface area (Å²) < 4.78 is 42.1. The number of hydrogen-bond donors (Lipinski definition) is 2. The molecule has 3 heterocycles. The molecule has 14 heteroatoms. The summed E-state index contributed by atoms with van der Waals surface area (Å²) in [5.41, 5.74) is 5.70. The molecule has 3 N–H and O–H groups in total. The lowest BCUT2D eigenvalue weighted by Gasteiger charge is -2.12. The summed E-state index contributed by atoms with van der Waals surface area (Å²) in [6, 6.07) is 7.57. The third-order valence-electron chi connectivity index (χ3n) is 5.49. The summed E-state index contributed by atoms with van der Waals surface area (Å²) in [6.45, 7) is 3.26. The minimum atomic E-state index is -4.75. The van der Waals surface area contributed by atoms with Crippen molar-refractivity contribution >= 4 is 44.7 Å². The minimum Gasteiger partial charge on any atom is -0.365 e. The van der Waals surface area contributed by atoms with Crippen LogP contribution in [0.5, 0.6) is 0 Å². The van der Waals surface area contributed by atoms with Crippen molar-refractivity contribution in [1.29, 1.82) is 0 Å². The zero-order valence-electron chi connectivity index (χ0n) is 19.4.